The quantitative estimate of drug-likeness (QED) is 0.851. The molecule has 0 bridgehead atoms. The van der Waals surface area contributed by atoms with E-state index in [1.807, 2.05) is 12.3 Å². The van der Waals surface area contributed by atoms with Crippen molar-refractivity contribution in [2.75, 3.05) is 6.54 Å². The minimum Gasteiger partial charge on any atom is -0.474 e. The van der Waals surface area contributed by atoms with Crippen LogP contribution in [0.3, 0.4) is 0 Å². The van der Waals surface area contributed by atoms with E-state index in [9.17, 15) is 0 Å². The molecule has 1 aliphatic carbocycles. The third kappa shape index (κ3) is 5.19. The van der Waals surface area contributed by atoms with Crippen LogP contribution in [-0.2, 0) is 6.54 Å². The van der Waals surface area contributed by atoms with Crippen molar-refractivity contribution in [3.63, 3.8) is 0 Å². The summed E-state index contributed by atoms with van der Waals surface area (Å²) in [6.45, 7) is 6.36. The molecule has 0 atom stereocenters. The molecule has 19 heavy (non-hydrogen) atoms. The number of hydrogen-bond donors (Lipinski definition) is 1. The summed E-state index contributed by atoms with van der Waals surface area (Å²) < 4.78 is 5.92. The molecule has 1 aliphatic rings. The lowest BCUT2D eigenvalue weighted by molar-refractivity contribution is 0.148. The molecule has 1 aromatic heterocycles. The van der Waals surface area contributed by atoms with E-state index < -0.39 is 0 Å². The lowest BCUT2D eigenvalue weighted by Crippen LogP contribution is -2.20. The molecule has 0 spiro atoms. The van der Waals surface area contributed by atoms with Gasteiger partial charge in [0, 0.05) is 18.8 Å². The Morgan fingerprint density at radius 1 is 1.26 bits per heavy atom. The molecule has 0 saturated heterocycles. The zero-order valence-electron chi connectivity index (χ0n) is 12.2. The topological polar surface area (TPSA) is 34.1 Å². The zero-order valence-corrected chi connectivity index (χ0v) is 12.2. The molecule has 0 amide bonds. The molecule has 1 heterocycles. The number of hydrogen-bond acceptors (Lipinski definition) is 3. The molecule has 2 rings (SSSR count). The highest BCUT2D eigenvalue weighted by molar-refractivity contribution is 5.18. The van der Waals surface area contributed by atoms with Crippen LogP contribution < -0.4 is 10.1 Å². The second kappa shape index (κ2) is 7.49. The van der Waals surface area contributed by atoms with E-state index in [-0.39, 0.29) is 0 Å². The van der Waals surface area contributed by atoms with Gasteiger partial charge in [0.05, 0.1) is 0 Å². The average Bonchev–Trinajstić information content (AvgIpc) is 2.42. The fourth-order valence-electron chi connectivity index (χ4n) is 2.44. The van der Waals surface area contributed by atoms with Gasteiger partial charge in [0.2, 0.25) is 5.88 Å². The first-order valence-electron chi connectivity index (χ1n) is 7.56. The van der Waals surface area contributed by atoms with Crippen molar-refractivity contribution in [2.45, 2.75) is 58.6 Å². The van der Waals surface area contributed by atoms with Crippen LogP contribution in [0.15, 0.2) is 18.3 Å². The molecule has 0 unspecified atom stereocenters. The van der Waals surface area contributed by atoms with Crippen molar-refractivity contribution in [1.29, 1.82) is 0 Å². The SMILES string of the molecule is CC(C)CNCc1ccc(OC2CCCCC2)nc1. The lowest BCUT2D eigenvalue weighted by atomic mass is 9.98. The Labute approximate surface area is 116 Å². The summed E-state index contributed by atoms with van der Waals surface area (Å²) in [6, 6.07) is 4.11. The van der Waals surface area contributed by atoms with Gasteiger partial charge in [0.25, 0.3) is 0 Å². The second-order valence-electron chi connectivity index (χ2n) is 5.91. The number of pyridine rings is 1. The largest absolute Gasteiger partial charge is 0.474 e. The molecular formula is C16H26N2O. The van der Waals surface area contributed by atoms with Crippen LogP contribution in [0.25, 0.3) is 0 Å². The number of nitrogens with one attached hydrogen (secondary N) is 1. The molecule has 106 valence electrons. The van der Waals surface area contributed by atoms with Crippen LogP contribution in [0.5, 0.6) is 5.88 Å². The molecule has 3 nitrogen and oxygen atoms in total. The fraction of sp³-hybridized carbons (Fsp3) is 0.688. The van der Waals surface area contributed by atoms with Crippen LogP contribution in [0.1, 0.15) is 51.5 Å². The van der Waals surface area contributed by atoms with Crippen LogP contribution in [0.2, 0.25) is 0 Å². The minimum atomic E-state index is 0.381. The Morgan fingerprint density at radius 3 is 2.68 bits per heavy atom. The van der Waals surface area contributed by atoms with Crippen LogP contribution in [0.4, 0.5) is 0 Å². The maximum absolute atomic E-state index is 5.92. The predicted molar refractivity (Wildman–Crippen MR) is 78.3 cm³/mol. The smallest absolute Gasteiger partial charge is 0.213 e. The average molecular weight is 262 g/mol. The van der Waals surface area contributed by atoms with Gasteiger partial charge in [0.1, 0.15) is 6.10 Å². The van der Waals surface area contributed by atoms with Gasteiger partial charge in [0.15, 0.2) is 0 Å². The van der Waals surface area contributed by atoms with E-state index in [0.717, 1.165) is 19.0 Å². The van der Waals surface area contributed by atoms with Crippen molar-refractivity contribution in [3.8, 4) is 5.88 Å². The fourth-order valence-corrected chi connectivity index (χ4v) is 2.44. The first-order valence-corrected chi connectivity index (χ1v) is 7.56. The number of nitrogens with zero attached hydrogens (tertiary/aromatic N) is 1. The van der Waals surface area contributed by atoms with E-state index in [2.05, 4.69) is 30.2 Å². The summed E-state index contributed by atoms with van der Waals surface area (Å²) in [7, 11) is 0. The van der Waals surface area contributed by atoms with Gasteiger partial charge in [-0.05, 0) is 43.7 Å². The van der Waals surface area contributed by atoms with E-state index in [1.165, 1.54) is 37.7 Å². The first kappa shape index (κ1) is 14.3. The van der Waals surface area contributed by atoms with Crippen LogP contribution in [-0.4, -0.2) is 17.6 Å². The molecular weight excluding hydrogens is 236 g/mol. The summed E-state index contributed by atoms with van der Waals surface area (Å²) in [5, 5.41) is 3.42. The van der Waals surface area contributed by atoms with Crippen molar-refractivity contribution < 1.29 is 4.74 Å². The Morgan fingerprint density at radius 2 is 2.05 bits per heavy atom. The Hall–Kier alpha value is -1.09. The maximum Gasteiger partial charge on any atom is 0.213 e. The lowest BCUT2D eigenvalue weighted by Gasteiger charge is -2.22. The number of aromatic nitrogens is 1. The summed E-state index contributed by atoms with van der Waals surface area (Å²) in [6.07, 6.45) is 8.60. The van der Waals surface area contributed by atoms with Gasteiger partial charge < -0.3 is 10.1 Å². The predicted octanol–water partition coefficient (Wildman–Crippen LogP) is 3.54. The summed E-state index contributed by atoms with van der Waals surface area (Å²) in [5.41, 5.74) is 1.22. The highest BCUT2D eigenvalue weighted by Gasteiger charge is 2.15. The molecule has 0 aliphatic heterocycles. The summed E-state index contributed by atoms with van der Waals surface area (Å²) in [4.78, 5) is 4.41. The van der Waals surface area contributed by atoms with Crippen molar-refractivity contribution in [3.05, 3.63) is 23.9 Å². The molecule has 1 aromatic rings. The Bertz CT molecular complexity index is 356. The van der Waals surface area contributed by atoms with Crippen molar-refractivity contribution in [1.82, 2.24) is 10.3 Å². The van der Waals surface area contributed by atoms with Gasteiger partial charge in [-0.25, -0.2) is 4.98 Å². The minimum absolute atomic E-state index is 0.381. The first-order chi connectivity index (χ1) is 9.24. The monoisotopic (exact) mass is 262 g/mol. The van der Waals surface area contributed by atoms with Crippen molar-refractivity contribution >= 4 is 0 Å². The third-order valence-electron chi connectivity index (χ3n) is 3.52. The Kier molecular flexibility index (Phi) is 5.64. The maximum atomic E-state index is 5.92. The van der Waals surface area contributed by atoms with E-state index in [1.54, 1.807) is 0 Å². The van der Waals surface area contributed by atoms with Crippen LogP contribution in [0, 0.1) is 5.92 Å². The standard InChI is InChI=1S/C16H26N2O/c1-13(2)10-17-11-14-8-9-16(18-12-14)19-15-6-4-3-5-7-15/h8-9,12-13,15,17H,3-7,10-11H2,1-2H3. The van der Waals surface area contributed by atoms with E-state index in [4.69, 9.17) is 4.74 Å². The molecule has 0 aromatic carbocycles. The highest BCUT2D eigenvalue weighted by atomic mass is 16.5. The molecule has 0 radical (unpaired) electrons. The van der Waals surface area contributed by atoms with Crippen LogP contribution >= 0.6 is 0 Å². The summed E-state index contributed by atoms with van der Waals surface area (Å²) >= 11 is 0. The van der Waals surface area contributed by atoms with Gasteiger partial charge in [-0.15, -0.1) is 0 Å². The number of rotatable bonds is 6. The number of ether oxygens (including phenoxy) is 1. The zero-order chi connectivity index (χ0) is 13.5. The van der Waals surface area contributed by atoms with E-state index in [0.29, 0.717) is 12.0 Å². The normalized spacial score (nSPS) is 16.8. The van der Waals surface area contributed by atoms with Gasteiger partial charge >= 0.3 is 0 Å². The van der Waals surface area contributed by atoms with E-state index >= 15 is 0 Å². The highest BCUT2D eigenvalue weighted by Crippen LogP contribution is 2.22. The molecule has 1 N–H and O–H groups in total. The second-order valence-corrected chi connectivity index (χ2v) is 5.91. The van der Waals surface area contributed by atoms with Crippen molar-refractivity contribution in [2.24, 2.45) is 5.92 Å². The van der Waals surface area contributed by atoms with Gasteiger partial charge in [-0.3, -0.25) is 0 Å². The summed E-state index contributed by atoms with van der Waals surface area (Å²) in [5.74, 6) is 1.46. The molecule has 1 saturated carbocycles. The molecule has 3 heteroatoms. The van der Waals surface area contributed by atoms with Gasteiger partial charge in [-0.1, -0.05) is 26.3 Å². The van der Waals surface area contributed by atoms with Gasteiger partial charge in [-0.2, -0.15) is 0 Å². The third-order valence-corrected chi connectivity index (χ3v) is 3.52. The molecule has 1 fully saturated rings. The Balaban J connectivity index is 1.77.